The Hall–Kier alpha value is -2.41. The number of hydrogen-bond acceptors (Lipinski definition) is 4. The highest BCUT2D eigenvalue weighted by Gasteiger charge is 2.08. The zero-order valence-corrected chi connectivity index (χ0v) is 11.6. The van der Waals surface area contributed by atoms with E-state index in [1.54, 1.807) is 25.3 Å². The number of nitrogens with one attached hydrogen (secondary N) is 2. The summed E-state index contributed by atoms with van der Waals surface area (Å²) in [5.41, 5.74) is 1.54. The molecule has 0 fully saturated rings. The molecule has 1 heterocycles. The Morgan fingerprint density at radius 3 is 2.85 bits per heavy atom. The van der Waals surface area contributed by atoms with Crippen molar-refractivity contribution in [2.45, 2.75) is 13.5 Å². The zero-order chi connectivity index (χ0) is 14.5. The number of nitro groups is 1. The summed E-state index contributed by atoms with van der Waals surface area (Å²) in [6.45, 7) is 2.26. The summed E-state index contributed by atoms with van der Waals surface area (Å²) >= 11 is 5.16. The van der Waals surface area contributed by atoms with Crippen LogP contribution in [0.2, 0.25) is 0 Å². The van der Waals surface area contributed by atoms with Crippen LogP contribution >= 0.6 is 12.2 Å². The topological polar surface area (TPSA) is 80.3 Å². The molecule has 0 aliphatic carbocycles. The quantitative estimate of drug-likeness (QED) is 0.512. The van der Waals surface area contributed by atoms with Crippen LogP contribution in [-0.2, 0) is 6.54 Å². The number of rotatable bonds is 4. The lowest BCUT2D eigenvalue weighted by Gasteiger charge is -2.11. The minimum atomic E-state index is -0.426. The fourth-order valence-corrected chi connectivity index (χ4v) is 1.83. The normalized spacial score (nSPS) is 10.1. The van der Waals surface area contributed by atoms with Gasteiger partial charge in [-0.1, -0.05) is 0 Å². The third-order valence-corrected chi connectivity index (χ3v) is 2.92. The third-order valence-electron chi connectivity index (χ3n) is 2.67. The van der Waals surface area contributed by atoms with E-state index in [2.05, 4.69) is 10.6 Å². The highest BCUT2D eigenvalue weighted by Crippen LogP contribution is 2.21. The lowest BCUT2D eigenvalue weighted by atomic mass is 10.2. The molecule has 7 heteroatoms. The van der Waals surface area contributed by atoms with E-state index in [-0.39, 0.29) is 5.69 Å². The summed E-state index contributed by atoms with van der Waals surface area (Å²) < 4.78 is 5.18. The molecule has 20 heavy (non-hydrogen) atoms. The third kappa shape index (κ3) is 3.55. The summed E-state index contributed by atoms with van der Waals surface area (Å²) in [5, 5.41) is 17.1. The summed E-state index contributed by atoms with van der Waals surface area (Å²) in [6, 6.07) is 8.21. The van der Waals surface area contributed by atoms with Gasteiger partial charge in [0.1, 0.15) is 5.76 Å². The van der Waals surface area contributed by atoms with Gasteiger partial charge in [0.15, 0.2) is 5.11 Å². The Morgan fingerprint density at radius 1 is 1.45 bits per heavy atom. The van der Waals surface area contributed by atoms with Crippen molar-refractivity contribution in [3.63, 3.8) is 0 Å². The van der Waals surface area contributed by atoms with Gasteiger partial charge in [0.25, 0.3) is 5.69 Å². The van der Waals surface area contributed by atoms with Crippen LogP contribution in [0.1, 0.15) is 11.3 Å². The van der Waals surface area contributed by atoms with Gasteiger partial charge in [0.05, 0.1) is 17.7 Å². The predicted molar refractivity (Wildman–Crippen MR) is 79.6 cm³/mol. The summed E-state index contributed by atoms with van der Waals surface area (Å²) in [7, 11) is 0. The molecular weight excluding hydrogens is 278 g/mol. The predicted octanol–water partition coefficient (Wildman–Crippen LogP) is 2.98. The lowest BCUT2D eigenvalue weighted by Crippen LogP contribution is -2.28. The largest absolute Gasteiger partial charge is 0.467 e. The molecule has 2 N–H and O–H groups in total. The minimum absolute atomic E-state index is 0.0579. The number of benzene rings is 1. The van der Waals surface area contributed by atoms with Gasteiger partial charge in [-0.05, 0) is 42.9 Å². The van der Waals surface area contributed by atoms with E-state index in [1.807, 2.05) is 6.07 Å². The van der Waals surface area contributed by atoms with E-state index in [0.29, 0.717) is 11.7 Å². The van der Waals surface area contributed by atoms with E-state index < -0.39 is 4.92 Å². The molecule has 0 saturated heterocycles. The SMILES string of the molecule is Cc1cc([N+](=O)[O-])ccc1NC(=S)NCc1ccco1. The van der Waals surface area contributed by atoms with Gasteiger partial charge in [0.2, 0.25) is 0 Å². The lowest BCUT2D eigenvalue weighted by molar-refractivity contribution is -0.384. The standard InChI is InChI=1S/C13H13N3O3S/c1-9-7-10(16(17)18)4-5-12(9)15-13(20)14-8-11-3-2-6-19-11/h2-7H,8H2,1H3,(H2,14,15,20). The summed E-state index contributed by atoms with van der Waals surface area (Å²) in [4.78, 5) is 10.2. The van der Waals surface area contributed by atoms with Crippen LogP contribution in [0.4, 0.5) is 11.4 Å². The number of hydrogen-bond donors (Lipinski definition) is 2. The maximum absolute atomic E-state index is 10.7. The number of nitrogens with zero attached hydrogens (tertiary/aromatic N) is 1. The van der Waals surface area contributed by atoms with E-state index in [9.17, 15) is 10.1 Å². The maximum Gasteiger partial charge on any atom is 0.269 e. The molecule has 0 saturated carbocycles. The molecule has 0 radical (unpaired) electrons. The van der Waals surface area contributed by atoms with Gasteiger partial charge >= 0.3 is 0 Å². The van der Waals surface area contributed by atoms with E-state index >= 15 is 0 Å². The Labute approximate surface area is 120 Å². The first kappa shape index (κ1) is 14.0. The minimum Gasteiger partial charge on any atom is -0.467 e. The van der Waals surface area contributed by atoms with Crippen molar-refractivity contribution < 1.29 is 9.34 Å². The highest BCUT2D eigenvalue weighted by molar-refractivity contribution is 7.80. The Kier molecular flexibility index (Phi) is 4.31. The van der Waals surface area contributed by atoms with Gasteiger partial charge in [-0.3, -0.25) is 10.1 Å². The second kappa shape index (κ2) is 6.16. The zero-order valence-electron chi connectivity index (χ0n) is 10.8. The number of nitro benzene ring substituents is 1. The molecule has 1 aromatic heterocycles. The second-order valence-electron chi connectivity index (χ2n) is 4.14. The van der Waals surface area contributed by atoms with Gasteiger partial charge in [-0.25, -0.2) is 0 Å². The smallest absolute Gasteiger partial charge is 0.269 e. The van der Waals surface area contributed by atoms with E-state index in [4.69, 9.17) is 16.6 Å². The average molecular weight is 291 g/mol. The molecule has 2 aromatic rings. The monoisotopic (exact) mass is 291 g/mol. The number of furan rings is 1. The number of thiocarbonyl (C=S) groups is 1. The van der Waals surface area contributed by atoms with Crippen molar-refractivity contribution in [1.29, 1.82) is 0 Å². The van der Waals surface area contributed by atoms with Crippen molar-refractivity contribution in [3.05, 3.63) is 58.0 Å². The van der Waals surface area contributed by atoms with Gasteiger partial charge in [0, 0.05) is 17.8 Å². The molecule has 0 spiro atoms. The van der Waals surface area contributed by atoms with Crippen molar-refractivity contribution in [3.8, 4) is 0 Å². The molecule has 2 rings (SSSR count). The number of anilines is 1. The molecule has 0 bridgehead atoms. The molecule has 0 aliphatic heterocycles. The Bertz CT molecular complexity index is 626. The molecule has 0 atom stereocenters. The van der Waals surface area contributed by atoms with Crippen molar-refractivity contribution in [2.75, 3.05) is 5.32 Å². The first-order valence-corrected chi connectivity index (χ1v) is 6.29. The van der Waals surface area contributed by atoms with Crippen LogP contribution < -0.4 is 10.6 Å². The molecule has 104 valence electrons. The molecule has 1 aromatic carbocycles. The van der Waals surface area contributed by atoms with Crippen LogP contribution in [-0.4, -0.2) is 10.0 Å². The average Bonchev–Trinajstić information content (AvgIpc) is 2.91. The van der Waals surface area contributed by atoms with Gasteiger partial charge in [-0.2, -0.15) is 0 Å². The van der Waals surface area contributed by atoms with Crippen LogP contribution in [0.25, 0.3) is 0 Å². The first-order valence-electron chi connectivity index (χ1n) is 5.88. The Morgan fingerprint density at radius 2 is 2.25 bits per heavy atom. The fourth-order valence-electron chi connectivity index (χ4n) is 1.65. The number of aryl methyl sites for hydroxylation is 1. The summed E-state index contributed by atoms with van der Waals surface area (Å²) in [5.74, 6) is 0.773. The fraction of sp³-hybridized carbons (Fsp3) is 0.154. The molecular formula is C13H13N3O3S. The van der Waals surface area contributed by atoms with Crippen LogP contribution in [0.15, 0.2) is 41.0 Å². The Balaban J connectivity index is 1.95. The second-order valence-corrected chi connectivity index (χ2v) is 4.55. The van der Waals surface area contributed by atoms with Crippen molar-refractivity contribution >= 4 is 28.7 Å². The van der Waals surface area contributed by atoms with Gasteiger partial charge < -0.3 is 15.1 Å². The first-order chi connectivity index (χ1) is 9.56. The van der Waals surface area contributed by atoms with E-state index in [0.717, 1.165) is 17.0 Å². The van der Waals surface area contributed by atoms with Crippen molar-refractivity contribution in [2.24, 2.45) is 0 Å². The van der Waals surface area contributed by atoms with Crippen molar-refractivity contribution in [1.82, 2.24) is 5.32 Å². The van der Waals surface area contributed by atoms with Crippen LogP contribution in [0.3, 0.4) is 0 Å². The number of non-ortho nitro benzene ring substituents is 1. The van der Waals surface area contributed by atoms with Gasteiger partial charge in [-0.15, -0.1) is 0 Å². The molecule has 0 amide bonds. The molecule has 0 aliphatic rings. The van der Waals surface area contributed by atoms with Crippen LogP contribution in [0, 0.1) is 17.0 Å². The molecule has 0 unspecified atom stereocenters. The summed E-state index contributed by atoms with van der Waals surface area (Å²) in [6.07, 6.45) is 1.59. The molecule has 6 nitrogen and oxygen atoms in total. The maximum atomic E-state index is 10.7. The highest BCUT2D eigenvalue weighted by atomic mass is 32.1. The van der Waals surface area contributed by atoms with Crippen LogP contribution in [0.5, 0.6) is 0 Å². The van der Waals surface area contributed by atoms with E-state index in [1.165, 1.54) is 12.1 Å².